The molecule has 1 saturated carbocycles. The van der Waals surface area contributed by atoms with Crippen molar-refractivity contribution in [3.05, 3.63) is 30.1 Å². The zero-order chi connectivity index (χ0) is 21.3. The van der Waals surface area contributed by atoms with Crippen molar-refractivity contribution >= 4 is 0 Å². The molecule has 164 valence electrons. The number of benzene rings is 1. The topological polar surface area (TPSA) is 73.2 Å². The minimum Gasteiger partial charge on any atom is -0.490 e. The molecular formula is C23H36FNO4. The molecule has 1 aliphatic heterocycles. The maximum atomic E-state index is 13.0. The van der Waals surface area contributed by atoms with Crippen LogP contribution in [0.5, 0.6) is 5.75 Å². The van der Waals surface area contributed by atoms with Crippen LogP contribution in [-0.4, -0.2) is 63.8 Å². The first-order valence-electron chi connectivity index (χ1n) is 10.7. The third-order valence-corrected chi connectivity index (χ3v) is 6.80. The van der Waals surface area contributed by atoms with Gasteiger partial charge in [0, 0.05) is 19.6 Å². The molecule has 6 heteroatoms. The first-order valence-corrected chi connectivity index (χ1v) is 10.7. The Balaban J connectivity index is 1.56. The highest BCUT2D eigenvalue weighted by molar-refractivity contribution is 5.22. The summed E-state index contributed by atoms with van der Waals surface area (Å²) in [5.41, 5.74) is -1.91. The predicted molar refractivity (Wildman–Crippen MR) is 110 cm³/mol. The third kappa shape index (κ3) is 5.69. The van der Waals surface area contributed by atoms with Crippen molar-refractivity contribution < 1.29 is 24.4 Å². The van der Waals surface area contributed by atoms with E-state index in [1.165, 1.54) is 24.3 Å². The summed E-state index contributed by atoms with van der Waals surface area (Å²) < 4.78 is 18.7. The fourth-order valence-electron chi connectivity index (χ4n) is 4.76. The molecule has 0 amide bonds. The lowest BCUT2D eigenvalue weighted by molar-refractivity contribution is -0.151. The summed E-state index contributed by atoms with van der Waals surface area (Å²) in [5.74, 6) is 0.713. The van der Waals surface area contributed by atoms with E-state index in [2.05, 4.69) is 20.8 Å². The van der Waals surface area contributed by atoms with Crippen molar-refractivity contribution in [1.82, 2.24) is 4.90 Å². The lowest BCUT2D eigenvalue weighted by atomic mass is 9.68. The molecule has 1 aliphatic carbocycles. The van der Waals surface area contributed by atoms with Gasteiger partial charge in [-0.3, -0.25) is 4.90 Å². The molecule has 29 heavy (non-hydrogen) atoms. The van der Waals surface area contributed by atoms with Crippen LogP contribution in [0.15, 0.2) is 24.3 Å². The van der Waals surface area contributed by atoms with E-state index in [0.717, 1.165) is 25.7 Å². The number of rotatable bonds is 5. The van der Waals surface area contributed by atoms with E-state index in [0.29, 0.717) is 31.2 Å². The van der Waals surface area contributed by atoms with E-state index in [1.54, 1.807) is 0 Å². The average molecular weight is 410 g/mol. The predicted octanol–water partition coefficient (Wildman–Crippen LogP) is 2.97. The van der Waals surface area contributed by atoms with Crippen LogP contribution in [0.2, 0.25) is 0 Å². The van der Waals surface area contributed by atoms with Crippen LogP contribution in [0.4, 0.5) is 4.39 Å². The second-order valence-corrected chi connectivity index (χ2v) is 10.2. The van der Waals surface area contributed by atoms with Gasteiger partial charge < -0.3 is 20.1 Å². The van der Waals surface area contributed by atoms with Crippen molar-refractivity contribution in [2.75, 3.05) is 26.2 Å². The quantitative estimate of drug-likeness (QED) is 0.697. The largest absolute Gasteiger partial charge is 0.490 e. The summed E-state index contributed by atoms with van der Waals surface area (Å²) in [6.45, 7) is 8.06. The molecule has 1 heterocycles. The molecule has 2 atom stereocenters. The normalized spacial score (nSPS) is 34.2. The molecule has 1 aromatic rings. The van der Waals surface area contributed by atoms with Crippen molar-refractivity contribution in [1.29, 1.82) is 0 Å². The molecule has 2 aliphatic rings. The molecule has 0 aromatic heterocycles. The van der Waals surface area contributed by atoms with E-state index < -0.39 is 17.3 Å². The van der Waals surface area contributed by atoms with Crippen LogP contribution in [0.25, 0.3) is 0 Å². The monoisotopic (exact) mass is 409 g/mol. The Bertz CT molecular complexity index is 666. The van der Waals surface area contributed by atoms with Gasteiger partial charge in [0.25, 0.3) is 0 Å². The second-order valence-electron chi connectivity index (χ2n) is 10.2. The Morgan fingerprint density at radius 1 is 1.10 bits per heavy atom. The fraction of sp³-hybridized carbons (Fsp3) is 0.739. The van der Waals surface area contributed by atoms with E-state index in [-0.39, 0.29) is 24.4 Å². The van der Waals surface area contributed by atoms with Gasteiger partial charge in [-0.1, -0.05) is 20.8 Å². The summed E-state index contributed by atoms with van der Waals surface area (Å²) >= 11 is 0. The molecule has 0 spiro atoms. The summed E-state index contributed by atoms with van der Waals surface area (Å²) in [4.78, 5) is 2.04. The minimum absolute atomic E-state index is 0.0825. The molecule has 0 radical (unpaired) electrons. The number of piperidine rings is 1. The summed E-state index contributed by atoms with van der Waals surface area (Å²) in [6.07, 6.45) is 3.06. The van der Waals surface area contributed by atoms with Crippen molar-refractivity contribution in [3.63, 3.8) is 0 Å². The smallest absolute Gasteiger partial charge is 0.137 e. The fourth-order valence-corrected chi connectivity index (χ4v) is 4.76. The number of aliphatic hydroxyl groups is 3. The summed E-state index contributed by atoms with van der Waals surface area (Å²) in [5, 5.41) is 32.5. The number of β-amino-alcohol motifs (C(OH)–C–C–N with tert-alkyl or cyclic N) is 2. The Morgan fingerprint density at radius 3 is 2.31 bits per heavy atom. The molecule has 3 N–H and O–H groups in total. The lowest BCUT2D eigenvalue weighted by Crippen LogP contribution is -2.62. The first-order chi connectivity index (χ1) is 13.5. The maximum absolute atomic E-state index is 13.0. The van der Waals surface area contributed by atoms with Gasteiger partial charge >= 0.3 is 0 Å². The number of hydrogen-bond donors (Lipinski definition) is 3. The number of aliphatic hydroxyl groups excluding tert-OH is 1. The van der Waals surface area contributed by atoms with Crippen LogP contribution >= 0.6 is 0 Å². The van der Waals surface area contributed by atoms with Gasteiger partial charge in [0.1, 0.15) is 23.8 Å². The van der Waals surface area contributed by atoms with E-state index in [9.17, 15) is 19.7 Å². The number of hydrogen-bond acceptors (Lipinski definition) is 5. The highest BCUT2D eigenvalue weighted by atomic mass is 19.1. The van der Waals surface area contributed by atoms with Crippen LogP contribution < -0.4 is 4.74 Å². The standard InChI is InChI=1S/C23H36FNO4/c1-21(2,3)17-8-11-22(27,12-9-17)14-25-13-10-20(26)23(28,15-25)16-29-19-6-4-18(24)5-7-19/h4-7,17,20,26-28H,8-16H2,1-3H3/t17?,20-,22?,23-/m0/s1. The van der Waals surface area contributed by atoms with Gasteiger partial charge in [-0.2, -0.15) is 0 Å². The van der Waals surface area contributed by atoms with Gasteiger partial charge in [0.2, 0.25) is 0 Å². The first kappa shape index (κ1) is 22.5. The molecule has 1 saturated heterocycles. The van der Waals surface area contributed by atoms with Gasteiger partial charge in [0.05, 0.1) is 11.7 Å². The van der Waals surface area contributed by atoms with Crippen molar-refractivity contribution in [2.45, 2.75) is 70.2 Å². The zero-order valence-electron chi connectivity index (χ0n) is 17.9. The van der Waals surface area contributed by atoms with Gasteiger partial charge in [-0.15, -0.1) is 0 Å². The van der Waals surface area contributed by atoms with Crippen LogP contribution in [0.1, 0.15) is 52.9 Å². The molecule has 0 unspecified atom stereocenters. The number of likely N-dealkylation sites (tertiary alicyclic amines) is 1. The van der Waals surface area contributed by atoms with Gasteiger partial charge in [0.15, 0.2) is 0 Å². The average Bonchev–Trinajstić information content (AvgIpc) is 2.64. The summed E-state index contributed by atoms with van der Waals surface area (Å²) in [6, 6.07) is 5.60. The Hall–Kier alpha value is -1.21. The SMILES string of the molecule is CC(C)(C)C1CCC(O)(CN2CC[C@H](O)[C@@](O)(COc3ccc(F)cc3)C2)CC1. The highest BCUT2D eigenvalue weighted by Gasteiger charge is 2.45. The van der Waals surface area contributed by atoms with Crippen molar-refractivity contribution in [2.24, 2.45) is 11.3 Å². The molecule has 2 fully saturated rings. The van der Waals surface area contributed by atoms with Crippen molar-refractivity contribution in [3.8, 4) is 5.75 Å². The van der Waals surface area contributed by atoms with Crippen LogP contribution in [0, 0.1) is 17.2 Å². The molecule has 5 nitrogen and oxygen atoms in total. The highest BCUT2D eigenvalue weighted by Crippen LogP contribution is 2.42. The maximum Gasteiger partial charge on any atom is 0.137 e. The van der Waals surface area contributed by atoms with E-state index in [1.807, 2.05) is 4.90 Å². The minimum atomic E-state index is -1.42. The number of nitrogens with zero attached hydrogens (tertiary/aromatic N) is 1. The molecule has 0 bridgehead atoms. The molecule has 1 aromatic carbocycles. The van der Waals surface area contributed by atoms with Gasteiger partial charge in [-0.25, -0.2) is 4.39 Å². The molecular weight excluding hydrogens is 373 g/mol. The Kier molecular flexibility index (Phi) is 6.59. The second kappa shape index (κ2) is 8.50. The summed E-state index contributed by atoms with van der Waals surface area (Å²) in [7, 11) is 0. The third-order valence-electron chi connectivity index (χ3n) is 6.80. The number of halogens is 1. The lowest BCUT2D eigenvalue weighted by Gasteiger charge is -2.47. The van der Waals surface area contributed by atoms with E-state index >= 15 is 0 Å². The van der Waals surface area contributed by atoms with E-state index in [4.69, 9.17) is 4.74 Å². The zero-order valence-corrected chi connectivity index (χ0v) is 17.9. The van der Waals surface area contributed by atoms with Crippen LogP contribution in [0.3, 0.4) is 0 Å². The Labute approximate surface area is 173 Å². The van der Waals surface area contributed by atoms with Gasteiger partial charge in [-0.05, 0) is 67.7 Å². The Morgan fingerprint density at radius 2 is 1.72 bits per heavy atom. The number of ether oxygens (including phenoxy) is 1. The van der Waals surface area contributed by atoms with Crippen LogP contribution in [-0.2, 0) is 0 Å². The molecule has 3 rings (SSSR count).